The zero-order chi connectivity index (χ0) is 15.2. The van der Waals surface area contributed by atoms with E-state index in [1.165, 1.54) is 0 Å². The van der Waals surface area contributed by atoms with Crippen molar-refractivity contribution in [2.24, 2.45) is 5.92 Å². The largest absolute Gasteiger partial charge is 0.496 e. The van der Waals surface area contributed by atoms with E-state index in [0.717, 1.165) is 24.2 Å². The van der Waals surface area contributed by atoms with E-state index in [-0.39, 0.29) is 24.5 Å². The van der Waals surface area contributed by atoms with Crippen molar-refractivity contribution in [1.29, 1.82) is 0 Å². The van der Waals surface area contributed by atoms with Crippen molar-refractivity contribution in [3.8, 4) is 5.75 Å². The minimum Gasteiger partial charge on any atom is -0.496 e. The Bertz CT molecular complexity index is 471. The van der Waals surface area contributed by atoms with Crippen LogP contribution in [-0.4, -0.2) is 30.8 Å². The highest BCUT2D eigenvalue weighted by molar-refractivity contribution is 5.77. The minimum absolute atomic E-state index is 0.0544. The first-order valence-electron chi connectivity index (χ1n) is 7.68. The van der Waals surface area contributed by atoms with Crippen molar-refractivity contribution in [3.05, 3.63) is 29.8 Å². The van der Waals surface area contributed by atoms with Gasteiger partial charge < -0.3 is 15.2 Å². The minimum atomic E-state index is 0.0544. The van der Waals surface area contributed by atoms with Crippen LogP contribution < -0.4 is 10.1 Å². The summed E-state index contributed by atoms with van der Waals surface area (Å²) in [5.41, 5.74) is 1.06. The number of rotatable bonds is 8. The van der Waals surface area contributed by atoms with Gasteiger partial charge in [-0.2, -0.15) is 0 Å². The Morgan fingerprint density at radius 3 is 2.76 bits per heavy atom. The molecule has 1 aliphatic rings. The van der Waals surface area contributed by atoms with Gasteiger partial charge in [0, 0.05) is 19.1 Å². The standard InChI is InChI=1S/C17H25NO3/c1-12(14-5-3-4-6-16(14)21-2)11-17(20)18-15(9-10-19)13-7-8-13/h3-6,12-13,15,19H,7-11H2,1-2H3,(H,18,20). The Balaban J connectivity index is 1.92. The first-order valence-corrected chi connectivity index (χ1v) is 7.68. The highest BCUT2D eigenvalue weighted by atomic mass is 16.5. The van der Waals surface area contributed by atoms with Gasteiger partial charge in [-0.05, 0) is 42.7 Å². The van der Waals surface area contributed by atoms with Crippen LogP contribution >= 0.6 is 0 Å². The zero-order valence-electron chi connectivity index (χ0n) is 12.8. The third kappa shape index (κ3) is 4.46. The number of methoxy groups -OCH3 is 1. The van der Waals surface area contributed by atoms with Crippen LogP contribution in [-0.2, 0) is 4.79 Å². The number of hydrogen-bond donors (Lipinski definition) is 2. The van der Waals surface area contributed by atoms with Crippen LogP contribution in [0.5, 0.6) is 5.75 Å². The number of hydrogen-bond acceptors (Lipinski definition) is 3. The van der Waals surface area contributed by atoms with Crippen molar-refractivity contribution < 1.29 is 14.6 Å². The molecule has 2 atom stereocenters. The quantitative estimate of drug-likeness (QED) is 0.773. The third-order valence-corrected chi connectivity index (χ3v) is 4.14. The van der Waals surface area contributed by atoms with E-state index in [9.17, 15) is 4.79 Å². The fraction of sp³-hybridized carbons (Fsp3) is 0.588. The summed E-state index contributed by atoms with van der Waals surface area (Å²) in [4.78, 5) is 12.2. The van der Waals surface area contributed by atoms with Gasteiger partial charge >= 0.3 is 0 Å². The van der Waals surface area contributed by atoms with Gasteiger partial charge in [0.05, 0.1) is 7.11 Å². The van der Waals surface area contributed by atoms with E-state index in [0.29, 0.717) is 18.8 Å². The molecule has 2 N–H and O–H groups in total. The molecule has 0 bridgehead atoms. The Hall–Kier alpha value is -1.55. The molecule has 0 spiro atoms. The second kappa shape index (κ2) is 7.46. The van der Waals surface area contributed by atoms with Crippen LogP contribution in [0.2, 0.25) is 0 Å². The molecular weight excluding hydrogens is 266 g/mol. The third-order valence-electron chi connectivity index (χ3n) is 4.14. The normalized spacial score (nSPS) is 17.1. The summed E-state index contributed by atoms with van der Waals surface area (Å²) in [6, 6.07) is 7.95. The summed E-state index contributed by atoms with van der Waals surface area (Å²) in [5, 5.41) is 12.2. The van der Waals surface area contributed by atoms with E-state index in [4.69, 9.17) is 9.84 Å². The lowest BCUT2D eigenvalue weighted by molar-refractivity contribution is -0.122. The fourth-order valence-electron chi connectivity index (χ4n) is 2.79. The van der Waals surface area contributed by atoms with Gasteiger partial charge in [-0.15, -0.1) is 0 Å². The van der Waals surface area contributed by atoms with Gasteiger partial charge in [-0.1, -0.05) is 25.1 Å². The number of nitrogens with one attached hydrogen (secondary N) is 1. The summed E-state index contributed by atoms with van der Waals surface area (Å²) >= 11 is 0. The van der Waals surface area contributed by atoms with E-state index in [1.807, 2.05) is 31.2 Å². The predicted octanol–water partition coefficient (Wildman–Crippen LogP) is 2.47. The van der Waals surface area contributed by atoms with Gasteiger partial charge in [-0.3, -0.25) is 4.79 Å². The Morgan fingerprint density at radius 2 is 2.14 bits per heavy atom. The van der Waals surface area contributed by atoms with Gasteiger partial charge in [0.1, 0.15) is 5.75 Å². The summed E-state index contributed by atoms with van der Waals surface area (Å²) in [7, 11) is 1.65. The fourth-order valence-corrected chi connectivity index (χ4v) is 2.79. The lowest BCUT2D eigenvalue weighted by atomic mass is 9.96. The molecule has 0 aliphatic heterocycles. The van der Waals surface area contributed by atoms with Gasteiger partial charge in [0.25, 0.3) is 0 Å². The first kappa shape index (κ1) is 15.8. The second-order valence-corrected chi connectivity index (χ2v) is 5.87. The number of aliphatic hydroxyl groups excluding tert-OH is 1. The Labute approximate surface area is 126 Å². The van der Waals surface area contributed by atoms with E-state index < -0.39 is 0 Å². The molecule has 0 heterocycles. The summed E-state index contributed by atoms with van der Waals surface area (Å²) in [6.07, 6.45) is 3.41. The van der Waals surface area contributed by atoms with Gasteiger partial charge in [-0.25, -0.2) is 0 Å². The smallest absolute Gasteiger partial charge is 0.220 e. The van der Waals surface area contributed by atoms with Crippen molar-refractivity contribution in [1.82, 2.24) is 5.32 Å². The SMILES string of the molecule is COc1ccccc1C(C)CC(=O)NC(CCO)C1CC1. The average molecular weight is 291 g/mol. The van der Waals surface area contributed by atoms with E-state index in [2.05, 4.69) is 5.32 Å². The highest BCUT2D eigenvalue weighted by Crippen LogP contribution is 2.34. The number of carbonyl (C=O) groups is 1. The zero-order valence-corrected chi connectivity index (χ0v) is 12.8. The van der Waals surface area contributed by atoms with Crippen LogP contribution in [0.15, 0.2) is 24.3 Å². The molecule has 1 aliphatic carbocycles. The van der Waals surface area contributed by atoms with Crippen molar-refractivity contribution in [2.75, 3.05) is 13.7 Å². The van der Waals surface area contributed by atoms with Crippen LogP contribution in [0.25, 0.3) is 0 Å². The number of para-hydroxylation sites is 1. The molecule has 0 aromatic heterocycles. The summed E-state index contributed by atoms with van der Waals surface area (Å²) in [5.74, 6) is 1.54. The number of carbonyl (C=O) groups excluding carboxylic acids is 1. The molecule has 4 heteroatoms. The van der Waals surface area contributed by atoms with E-state index >= 15 is 0 Å². The predicted molar refractivity (Wildman–Crippen MR) is 82.4 cm³/mol. The summed E-state index contributed by atoms with van der Waals surface area (Å²) in [6.45, 7) is 2.17. The highest BCUT2D eigenvalue weighted by Gasteiger charge is 2.32. The van der Waals surface area contributed by atoms with Gasteiger partial charge in [0.2, 0.25) is 5.91 Å². The molecule has 4 nitrogen and oxygen atoms in total. The van der Waals surface area contributed by atoms with Crippen molar-refractivity contribution in [2.45, 2.75) is 44.6 Å². The molecule has 1 amide bonds. The van der Waals surface area contributed by atoms with E-state index in [1.54, 1.807) is 7.11 Å². The number of ether oxygens (including phenoxy) is 1. The van der Waals surface area contributed by atoms with Crippen molar-refractivity contribution >= 4 is 5.91 Å². The number of benzene rings is 1. The maximum atomic E-state index is 12.2. The summed E-state index contributed by atoms with van der Waals surface area (Å²) < 4.78 is 5.35. The molecule has 1 aromatic rings. The topological polar surface area (TPSA) is 58.6 Å². The number of aliphatic hydroxyl groups is 1. The second-order valence-electron chi connectivity index (χ2n) is 5.87. The lowest BCUT2D eigenvalue weighted by Crippen LogP contribution is -2.37. The maximum Gasteiger partial charge on any atom is 0.220 e. The molecule has 2 rings (SSSR count). The Morgan fingerprint density at radius 1 is 1.43 bits per heavy atom. The van der Waals surface area contributed by atoms with Crippen LogP contribution in [0.1, 0.15) is 44.1 Å². The molecular formula is C17H25NO3. The molecule has 21 heavy (non-hydrogen) atoms. The van der Waals surface area contributed by atoms with Crippen molar-refractivity contribution in [3.63, 3.8) is 0 Å². The van der Waals surface area contributed by atoms with Gasteiger partial charge in [0.15, 0.2) is 0 Å². The molecule has 2 unspecified atom stereocenters. The van der Waals surface area contributed by atoms with Crippen LogP contribution in [0, 0.1) is 5.92 Å². The molecule has 1 aromatic carbocycles. The lowest BCUT2D eigenvalue weighted by Gasteiger charge is -2.20. The maximum absolute atomic E-state index is 12.2. The number of amides is 1. The van der Waals surface area contributed by atoms with Crippen LogP contribution in [0.3, 0.4) is 0 Å². The molecule has 1 saturated carbocycles. The molecule has 116 valence electrons. The average Bonchev–Trinajstić information content (AvgIpc) is 3.31. The molecule has 0 radical (unpaired) electrons. The first-order chi connectivity index (χ1) is 10.2. The monoisotopic (exact) mass is 291 g/mol. The molecule has 0 saturated heterocycles. The van der Waals surface area contributed by atoms with Crippen LogP contribution in [0.4, 0.5) is 0 Å². The Kier molecular flexibility index (Phi) is 5.62. The molecule has 1 fully saturated rings.